The van der Waals surface area contributed by atoms with Crippen LogP contribution in [0, 0.1) is 5.92 Å². The summed E-state index contributed by atoms with van der Waals surface area (Å²) < 4.78 is 0. The highest BCUT2D eigenvalue weighted by Gasteiger charge is 2.20. The van der Waals surface area contributed by atoms with Gasteiger partial charge in [-0.2, -0.15) is 0 Å². The van der Waals surface area contributed by atoms with Gasteiger partial charge in [0.2, 0.25) is 0 Å². The molecule has 1 heterocycles. The lowest BCUT2D eigenvalue weighted by Gasteiger charge is -2.20. The van der Waals surface area contributed by atoms with Crippen LogP contribution in [0.4, 0.5) is 0 Å². The van der Waals surface area contributed by atoms with Crippen LogP contribution in [0.25, 0.3) is 0 Å². The van der Waals surface area contributed by atoms with E-state index in [0.717, 1.165) is 25.4 Å². The van der Waals surface area contributed by atoms with Gasteiger partial charge in [-0.05, 0) is 25.2 Å². The minimum atomic E-state index is -0.145. The van der Waals surface area contributed by atoms with E-state index in [4.69, 9.17) is 0 Å². The first-order valence-corrected chi connectivity index (χ1v) is 4.62. The fourth-order valence-electron chi connectivity index (χ4n) is 1.49. The van der Waals surface area contributed by atoms with Crippen LogP contribution in [-0.4, -0.2) is 29.3 Å². The summed E-state index contributed by atoms with van der Waals surface area (Å²) in [5, 5.41) is 9.43. The van der Waals surface area contributed by atoms with Gasteiger partial charge in [-0.25, -0.2) is 0 Å². The predicted molar refractivity (Wildman–Crippen MR) is 46.3 cm³/mol. The van der Waals surface area contributed by atoms with Crippen molar-refractivity contribution in [3.05, 3.63) is 0 Å². The van der Waals surface area contributed by atoms with Crippen molar-refractivity contribution in [3.63, 3.8) is 0 Å². The quantitative estimate of drug-likeness (QED) is 0.670. The summed E-state index contributed by atoms with van der Waals surface area (Å²) in [5.41, 5.74) is 0. The van der Waals surface area contributed by atoms with Gasteiger partial charge in [0.1, 0.15) is 6.23 Å². The third-order valence-electron chi connectivity index (χ3n) is 2.32. The van der Waals surface area contributed by atoms with Gasteiger partial charge in [-0.3, -0.25) is 4.90 Å². The van der Waals surface area contributed by atoms with Crippen molar-refractivity contribution in [1.29, 1.82) is 0 Å². The monoisotopic (exact) mass is 157 g/mol. The molecule has 1 atom stereocenters. The number of hydrogen-bond donors (Lipinski definition) is 1. The van der Waals surface area contributed by atoms with E-state index in [1.165, 1.54) is 12.8 Å². The Balaban J connectivity index is 2.15. The minimum Gasteiger partial charge on any atom is -0.378 e. The van der Waals surface area contributed by atoms with E-state index >= 15 is 0 Å². The lowest BCUT2D eigenvalue weighted by Crippen LogP contribution is -2.30. The molecule has 0 saturated carbocycles. The second-order valence-corrected chi connectivity index (χ2v) is 3.84. The second-order valence-electron chi connectivity index (χ2n) is 3.84. The molecule has 1 N–H and O–H groups in total. The molecule has 1 unspecified atom stereocenters. The molecular formula is C9H19NO. The highest BCUT2D eigenvalue weighted by atomic mass is 16.3. The number of hydrogen-bond acceptors (Lipinski definition) is 2. The molecule has 0 amide bonds. The predicted octanol–water partition coefficient (Wildman–Crippen LogP) is 1.45. The maximum absolute atomic E-state index is 9.43. The molecule has 0 aromatic heterocycles. The summed E-state index contributed by atoms with van der Waals surface area (Å²) in [5.74, 6) is 0.753. The number of rotatable bonds is 3. The van der Waals surface area contributed by atoms with E-state index in [-0.39, 0.29) is 6.23 Å². The van der Waals surface area contributed by atoms with Crippen LogP contribution in [0.15, 0.2) is 0 Å². The van der Waals surface area contributed by atoms with E-state index < -0.39 is 0 Å². The molecule has 11 heavy (non-hydrogen) atoms. The Bertz CT molecular complexity index is 114. The van der Waals surface area contributed by atoms with Gasteiger partial charge >= 0.3 is 0 Å². The smallest absolute Gasteiger partial charge is 0.107 e. The van der Waals surface area contributed by atoms with Crippen molar-refractivity contribution in [2.24, 2.45) is 5.92 Å². The highest BCUT2D eigenvalue weighted by molar-refractivity contribution is 4.70. The average molecular weight is 157 g/mol. The Morgan fingerprint density at radius 3 is 2.73 bits per heavy atom. The molecule has 0 aliphatic carbocycles. The van der Waals surface area contributed by atoms with E-state index in [1.54, 1.807) is 0 Å². The van der Waals surface area contributed by atoms with E-state index in [9.17, 15) is 5.11 Å². The van der Waals surface area contributed by atoms with Crippen LogP contribution in [0.2, 0.25) is 0 Å². The first kappa shape index (κ1) is 9.01. The van der Waals surface area contributed by atoms with Crippen molar-refractivity contribution in [2.45, 2.75) is 39.3 Å². The van der Waals surface area contributed by atoms with Crippen LogP contribution in [0.3, 0.4) is 0 Å². The molecule has 2 nitrogen and oxygen atoms in total. The van der Waals surface area contributed by atoms with Gasteiger partial charge in [0.05, 0.1) is 0 Å². The van der Waals surface area contributed by atoms with Crippen LogP contribution in [-0.2, 0) is 0 Å². The number of likely N-dealkylation sites (tertiary alicyclic amines) is 1. The van der Waals surface area contributed by atoms with E-state index in [2.05, 4.69) is 18.7 Å². The van der Waals surface area contributed by atoms with Gasteiger partial charge in [0, 0.05) is 13.1 Å². The summed E-state index contributed by atoms with van der Waals surface area (Å²) in [6.45, 7) is 6.61. The molecule has 1 saturated heterocycles. The van der Waals surface area contributed by atoms with Gasteiger partial charge < -0.3 is 5.11 Å². The molecule has 0 aromatic carbocycles. The normalized spacial score (nSPS) is 26.7. The van der Waals surface area contributed by atoms with Crippen LogP contribution < -0.4 is 0 Å². The fraction of sp³-hybridized carbons (Fsp3) is 1.00. The Labute approximate surface area is 69.2 Å². The van der Waals surface area contributed by atoms with Gasteiger partial charge in [0.25, 0.3) is 0 Å². The second kappa shape index (κ2) is 4.07. The highest BCUT2D eigenvalue weighted by Crippen LogP contribution is 2.15. The summed E-state index contributed by atoms with van der Waals surface area (Å²) in [7, 11) is 0. The molecule has 1 aliphatic rings. The summed E-state index contributed by atoms with van der Waals surface area (Å²) >= 11 is 0. The summed E-state index contributed by atoms with van der Waals surface area (Å²) in [6.07, 6.45) is 3.20. The van der Waals surface area contributed by atoms with Gasteiger partial charge in [0.15, 0.2) is 0 Å². The van der Waals surface area contributed by atoms with Gasteiger partial charge in [-0.15, -0.1) is 0 Å². The maximum Gasteiger partial charge on any atom is 0.107 e. The largest absolute Gasteiger partial charge is 0.378 e. The first-order chi connectivity index (χ1) is 5.20. The summed E-state index contributed by atoms with van der Waals surface area (Å²) in [6, 6.07) is 0. The standard InChI is InChI=1S/C9H19NO/c1-8(2)5-7-10-6-3-4-9(10)11/h8-9,11H,3-7H2,1-2H3. The van der Waals surface area contributed by atoms with Crippen LogP contribution in [0.5, 0.6) is 0 Å². The topological polar surface area (TPSA) is 23.5 Å². The number of nitrogens with zero attached hydrogens (tertiary/aromatic N) is 1. The molecule has 66 valence electrons. The SMILES string of the molecule is CC(C)CCN1CCCC1O. The third-order valence-corrected chi connectivity index (χ3v) is 2.32. The lowest BCUT2D eigenvalue weighted by molar-refractivity contribution is 0.0356. The molecule has 0 bridgehead atoms. The minimum absolute atomic E-state index is 0.145. The zero-order valence-electron chi connectivity index (χ0n) is 7.58. The van der Waals surface area contributed by atoms with E-state index in [1.807, 2.05) is 0 Å². The molecule has 1 fully saturated rings. The Hall–Kier alpha value is -0.0800. The first-order valence-electron chi connectivity index (χ1n) is 4.62. The molecule has 1 aliphatic heterocycles. The zero-order chi connectivity index (χ0) is 8.27. The van der Waals surface area contributed by atoms with Crippen molar-refractivity contribution in [3.8, 4) is 0 Å². The summed E-state index contributed by atoms with van der Waals surface area (Å²) in [4.78, 5) is 2.18. The molecule has 0 radical (unpaired) electrons. The average Bonchev–Trinajstić information content (AvgIpc) is 2.31. The van der Waals surface area contributed by atoms with Crippen molar-refractivity contribution in [1.82, 2.24) is 4.90 Å². The van der Waals surface area contributed by atoms with Crippen LogP contribution >= 0.6 is 0 Å². The molecule has 1 rings (SSSR count). The molecule has 0 aromatic rings. The molecule has 0 spiro atoms. The lowest BCUT2D eigenvalue weighted by atomic mass is 10.1. The van der Waals surface area contributed by atoms with Crippen LogP contribution in [0.1, 0.15) is 33.1 Å². The molecular weight excluding hydrogens is 138 g/mol. The molecule has 2 heteroatoms. The van der Waals surface area contributed by atoms with E-state index in [0.29, 0.717) is 0 Å². The van der Waals surface area contributed by atoms with Gasteiger partial charge in [-0.1, -0.05) is 13.8 Å². The zero-order valence-corrected chi connectivity index (χ0v) is 7.58. The van der Waals surface area contributed by atoms with Crippen molar-refractivity contribution < 1.29 is 5.11 Å². The Morgan fingerprint density at radius 2 is 2.27 bits per heavy atom. The fourth-order valence-corrected chi connectivity index (χ4v) is 1.49. The van der Waals surface area contributed by atoms with Crippen molar-refractivity contribution in [2.75, 3.05) is 13.1 Å². The Kier molecular flexibility index (Phi) is 3.34. The Morgan fingerprint density at radius 1 is 1.55 bits per heavy atom. The number of aliphatic hydroxyl groups is 1. The van der Waals surface area contributed by atoms with Crippen molar-refractivity contribution >= 4 is 0 Å². The number of aliphatic hydroxyl groups excluding tert-OH is 1. The third kappa shape index (κ3) is 2.80. The maximum atomic E-state index is 9.43.